The number of para-hydroxylation sites is 1. The SMILES string of the molecule is FC(F)(F)c1cccc(COc2ccccc2CCCN2CCOCC2)c1. The minimum atomic E-state index is -4.34. The zero-order valence-corrected chi connectivity index (χ0v) is 15.2. The number of hydrogen-bond acceptors (Lipinski definition) is 3. The molecule has 0 atom stereocenters. The molecule has 0 spiro atoms. The summed E-state index contributed by atoms with van der Waals surface area (Å²) in [7, 11) is 0. The summed E-state index contributed by atoms with van der Waals surface area (Å²) in [6, 6.07) is 13.0. The second-order valence-corrected chi connectivity index (χ2v) is 6.65. The van der Waals surface area contributed by atoms with Crippen molar-refractivity contribution in [3.05, 3.63) is 65.2 Å². The zero-order chi connectivity index (χ0) is 19.1. The Balaban J connectivity index is 1.56. The van der Waals surface area contributed by atoms with E-state index in [0.717, 1.165) is 69.1 Å². The first-order valence-electron chi connectivity index (χ1n) is 9.19. The number of halogens is 3. The lowest BCUT2D eigenvalue weighted by Gasteiger charge is -2.26. The van der Waals surface area contributed by atoms with Gasteiger partial charge in [-0.2, -0.15) is 13.2 Å². The zero-order valence-electron chi connectivity index (χ0n) is 15.2. The van der Waals surface area contributed by atoms with Crippen molar-refractivity contribution in [1.82, 2.24) is 4.90 Å². The topological polar surface area (TPSA) is 21.7 Å². The van der Waals surface area contributed by atoms with Gasteiger partial charge in [-0.25, -0.2) is 0 Å². The first kappa shape index (κ1) is 19.7. The molecule has 1 fully saturated rings. The molecule has 3 nitrogen and oxygen atoms in total. The molecule has 0 aromatic heterocycles. The molecule has 27 heavy (non-hydrogen) atoms. The second kappa shape index (κ2) is 9.24. The van der Waals surface area contributed by atoms with Gasteiger partial charge < -0.3 is 9.47 Å². The summed E-state index contributed by atoms with van der Waals surface area (Å²) in [4.78, 5) is 2.38. The van der Waals surface area contributed by atoms with Crippen LogP contribution in [-0.2, 0) is 23.9 Å². The van der Waals surface area contributed by atoms with Crippen LogP contribution in [0.15, 0.2) is 48.5 Å². The molecule has 1 heterocycles. The molecule has 1 saturated heterocycles. The summed E-state index contributed by atoms with van der Waals surface area (Å²) in [6.45, 7) is 4.63. The van der Waals surface area contributed by atoms with E-state index < -0.39 is 11.7 Å². The highest BCUT2D eigenvalue weighted by atomic mass is 19.4. The quantitative estimate of drug-likeness (QED) is 0.705. The number of nitrogens with zero attached hydrogens (tertiary/aromatic N) is 1. The third-order valence-corrected chi connectivity index (χ3v) is 4.65. The van der Waals surface area contributed by atoms with Crippen molar-refractivity contribution in [2.45, 2.75) is 25.6 Å². The van der Waals surface area contributed by atoms with Crippen LogP contribution in [0, 0.1) is 0 Å². The predicted octanol–water partition coefficient (Wildman–Crippen LogP) is 4.55. The molecule has 2 aromatic carbocycles. The highest BCUT2D eigenvalue weighted by Gasteiger charge is 2.30. The van der Waals surface area contributed by atoms with E-state index in [9.17, 15) is 13.2 Å². The Bertz CT molecular complexity index is 727. The average Bonchev–Trinajstić information content (AvgIpc) is 2.68. The van der Waals surface area contributed by atoms with Gasteiger partial charge >= 0.3 is 6.18 Å². The van der Waals surface area contributed by atoms with Gasteiger partial charge in [0.15, 0.2) is 0 Å². The van der Waals surface area contributed by atoms with Crippen molar-refractivity contribution in [3.63, 3.8) is 0 Å². The largest absolute Gasteiger partial charge is 0.489 e. The lowest BCUT2D eigenvalue weighted by molar-refractivity contribution is -0.137. The molecule has 0 unspecified atom stereocenters. The smallest absolute Gasteiger partial charge is 0.416 e. The second-order valence-electron chi connectivity index (χ2n) is 6.65. The van der Waals surface area contributed by atoms with E-state index in [0.29, 0.717) is 5.56 Å². The number of morpholine rings is 1. The summed E-state index contributed by atoms with van der Waals surface area (Å²) in [6.07, 6.45) is -2.46. The van der Waals surface area contributed by atoms with Gasteiger partial charge in [-0.05, 0) is 48.7 Å². The van der Waals surface area contributed by atoms with Crippen molar-refractivity contribution in [2.75, 3.05) is 32.8 Å². The highest BCUT2D eigenvalue weighted by molar-refractivity contribution is 5.34. The molecule has 0 N–H and O–H groups in total. The number of aryl methyl sites for hydroxylation is 1. The van der Waals surface area contributed by atoms with Gasteiger partial charge in [-0.1, -0.05) is 30.3 Å². The fraction of sp³-hybridized carbons (Fsp3) is 0.429. The number of hydrogen-bond donors (Lipinski definition) is 0. The fourth-order valence-corrected chi connectivity index (χ4v) is 3.17. The van der Waals surface area contributed by atoms with Crippen LogP contribution in [0.25, 0.3) is 0 Å². The average molecular weight is 379 g/mol. The molecule has 1 aliphatic rings. The van der Waals surface area contributed by atoms with Crippen LogP contribution in [0.1, 0.15) is 23.1 Å². The predicted molar refractivity (Wildman–Crippen MR) is 97.8 cm³/mol. The monoisotopic (exact) mass is 379 g/mol. The van der Waals surface area contributed by atoms with E-state index in [-0.39, 0.29) is 6.61 Å². The Hall–Kier alpha value is -2.05. The van der Waals surface area contributed by atoms with Gasteiger partial charge in [0.1, 0.15) is 12.4 Å². The van der Waals surface area contributed by atoms with E-state index in [1.54, 1.807) is 6.07 Å². The Morgan fingerprint density at radius 2 is 1.78 bits per heavy atom. The maximum atomic E-state index is 12.8. The van der Waals surface area contributed by atoms with Gasteiger partial charge in [-0.15, -0.1) is 0 Å². The third kappa shape index (κ3) is 5.97. The Kier molecular flexibility index (Phi) is 6.74. The van der Waals surface area contributed by atoms with E-state index in [2.05, 4.69) is 4.90 Å². The van der Waals surface area contributed by atoms with Crippen LogP contribution in [0.5, 0.6) is 5.75 Å². The Morgan fingerprint density at radius 1 is 1.00 bits per heavy atom. The molecule has 146 valence electrons. The summed E-state index contributed by atoms with van der Waals surface area (Å²) in [5, 5.41) is 0. The van der Waals surface area contributed by atoms with Crippen molar-refractivity contribution < 1.29 is 22.6 Å². The summed E-state index contributed by atoms with van der Waals surface area (Å²) in [5.74, 6) is 0.733. The lowest BCUT2D eigenvalue weighted by atomic mass is 10.1. The summed E-state index contributed by atoms with van der Waals surface area (Å²) in [5.41, 5.74) is 0.938. The van der Waals surface area contributed by atoms with Crippen LogP contribution in [0.4, 0.5) is 13.2 Å². The maximum Gasteiger partial charge on any atom is 0.416 e. The molecule has 1 aliphatic heterocycles. The van der Waals surface area contributed by atoms with E-state index in [4.69, 9.17) is 9.47 Å². The fourth-order valence-electron chi connectivity index (χ4n) is 3.17. The van der Waals surface area contributed by atoms with E-state index in [1.807, 2.05) is 24.3 Å². The maximum absolute atomic E-state index is 12.8. The van der Waals surface area contributed by atoms with Crippen molar-refractivity contribution >= 4 is 0 Å². The van der Waals surface area contributed by atoms with E-state index in [1.165, 1.54) is 6.07 Å². The highest BCUT2D eigenvalue weighted by Crippen LogP contribution is 2.30. The van der Waals surface area contributed by atoms with Crippen LogP contribution in [0.2, 0.25) is 0 Å². The summed E-state index contributed by atoms with van der Waals surface area (Å²) >= 11 is 0. The van der Waals surface area contributed by atoms with Crippen LogP contribution < -0.4 is 4.74 Å². The van der Waals surface area contributed by atoms with Crippen molar-refractivity contribution in [3.8, 4) is 5.75 Å². The minimum Gasteiger partial charge on any atom is -0.489 e. The minimum absolute atomic E-state index is 0.115. The molecule has 2 aromatic rings. The first-order valence-corrected chi connectivity index (χ1v) is 9.19. The molecule has 0 amide bonds. The van der Waals surface area contributed by atoms with Crippen molar-refractivity contribution in [1.29, 1.82) is 0 Å². The normalized spacial score (nSPS) is 15.7. The number of ether oxygens (including phenoxy) is 2. The number of benzene rings is 2. The third-order valence-electron chi connectivity index (χ3n) is 4.65. The molecule has 3 rings (SSSR count). The van der Waals surface area contributed by atoms with Gasteiger partial charge in [0, 0.05) is 13.1 Å². The van der Waals surface area contributed by atoms with Crippen LogP contribution in [-0.4, -0.2) is 37.7 Å². The standard InChI is InChI=1S/C21H24F3NO2/c22-21(23,24)19-8-3-5-17(15-19)16-27-20-9-2-1-6-18(20)7-4-10-25-11-13-26-14-12-25/h1-3,5-6,8-9,15H,4,7,10-14,16H2. The number of rotatable bonds is 7. The molecule has 0 bridgehead atoms. The molecule has 6 heteroatoms. The Labute approximate surface area is 157 Å². The van der Waals surface area contributed by atoms with Gasteiger partial charge in [0.25, 0.3) is 0 Å². The van der Waals surface area contributed by atoms with Gasteiger partial charge in [0.05, 0.1) is 18.8 Å². The summed E-state index contributed by atoms with van der Waals surface area (Å²) < 4.78 is 49.7. The first-order chi connectivity index (χ1) is 13.0. The molecular formula is C21H24F3NO2. The molecule has 0 saturated carbocycles. The number of alkyl halides is 3. The van der Waals surface area contributed by atoms with Crippen LogP contribution >= 0.6 is 0 Å². The van der Waals surface area contributed by atoms with Crippen LogP contribution in [0.3, 0.4) is 0 Å². The molecule has 0 radical (unpaired) electrons. The lowest BCUT2D eigenvalue weighted by Crippen LogP contribution is -2.36. The van der Waals surface area contributed by atoms with Gasteiger partial charge in [0.2, 0.25) is 0 Å². The molecular weight excluding hydrogens is 355 g/mol. The van der Waals surface area contributed by atoms with E-state index >= 15 is 0 Å². The molecule has 0 aliphatic carbocycles. The van der Waals surface area contributed by atoms with Crippen molar-refractivity contribution in [2.24, 2.45) is 0 Å². The Morgan fingerprint density at radius 3 is 2.56 bits per heavy atom. The van der Waals surface area contributed by atoms with Gasteiger partial charge in [-0.3, -0.25) is 4.90 Å².